The molecule has 0 spiro atoms. The lowest BCUT2D eigenvalue weighted by Crippen LogP contribution is -2.38. The summed E-state index contributed by atoms with van der Waals surface area (Å²) in [6.45, 7) is 8.78. The molecule has 4 heteroatoms. The number of carbonyl (C=O) groups is 2. The van der Waals surface area contributed by atoms with Crippen LogP contribution in [0.2, 0.25) is 0 Å². The lowest BCUT2D eigenvalue weighted by Gasteiger charge is -2.24. The number of hydrogen-bond acceptors (Lipinski definition) is 3. The lowest BCUT2D eigenvalue weighted by molar-refractivity contribution is 0.0946. The van der Waals surface area contributed by atoms with Gasteiger partial charge in [-0.1, -0.05) is 37.3 Å². The molecule has 0 aliphatic heterocycles. The summed E-state index contributed by atoms with van der Waals surface area (Å²) in [6, 6.07) is 13.4. The number of hydrogen-bond donors (Lipinski definition) is 1. The molecule has 130 valence electrons. The van der Waals surface area contributed by atoms with Gasteiger partial charge in [0, 0.05) is 35.8 Å². The smallest absolute Gasteiger partial charge is 0.251 e. The average Bonchev–Trinajstić information content (AvgIpc) is 2.91. The van der Waals surface area contributed by atoms with E-state index in [9.17, 15) is 9.59 Å². The highest BCUT2D eigenvalue weighted by molar-refractivity contribution is 6.22. The van der Waals surface area contributed by atoms with Crippen LogP contribution in [0.1, 0.15) is 47.1 Å². The first kappa shape index (κ1) is 17.4. The Morgan fingerprint density at radius 2 is 1.72 bits per heavy atom. The van der Waals surface area contributed by atoms with Crippen molar-refractivity contribution in [2.75, 3.05) is 19.6 Å². The molecule has 0 unspecified atom stereocenters. The van der Waals surface area contributed by atoms with Gasteiger partial charge in [0.1, 0.15) is 0 Å². The Morgan fingerprint density at radius 1 is 1.04 bits per heavy atom. The number of nitrogens with zero attached hydrogens (tertiary/aromatic N) is 1. The van der Waals surface area contributed by atoms with E-state index in [-0.39, 0.29) is 11.7 Å². The maximum Gasteiger partial charge on any atom is 0.251 e. The van der Waals surface area contributed by atoms with Crippen molar-refractivity contribution in [3.8, 4) is 11.1 Å². The van der Waals surface area contributed by atoms with Crippen LogP contribution in [0, 0.1) is 0 Å². The zero-order chi connectivity index (χ0) is 18.0. The summed E-state index contributed by atoms with van der Waals surface area (Å²) >= 11 is 0. The van der Waals surface area contributed by atoms with Crippen LogP contribution in [-0.2, 0) is 0 Å². The van der Waals surface area contributed by atoms with Crippen molar-refractivity contribution in [1.82, 2.24) is 10.2 Å². The maximum absolute atomic E-state index is 12.5. The third kappa shape index (κ3) is 3.35. The van der Waals surface area contributed by atoms with E-state index in [0.717, 1.165) is 24.2 Å². The molecule has 1 aliphatic rings. The summed E-state index contributed by atoms with van der Waals surface area (Å²) in [7, 11) is 0. The molecular weight excluding hydrogens is 312 g/mol. The lowest BCUT2D eigenvalue weighted by atomic mass is 10.0. The molecule has 25 heavy (non-hydrogen) atoms. The molecule has 1 aliphatic carbocycles. The second kappa shape index (κ2) is 7.19. The van der Waals surface area contributed by atoms with Gasteiger partial charge < -0.3 is 5.32 Å². The normalized spacial score (nSPS) is 12.4. The molecule has 2 aromatic carbocycles. The number of amides is 1. The topological polar surface area (TPSA) is 49.4 Å². The van der Waals surface area contributed by atoms with Gasteiger partial charge in [0.05, 0.1) is 0 Å². The first-order chi connectivity index (χ1) is 12.0. The van der Waals surface area contributed by atoms with Crippen LogP contribution in [0.3, 0.4) is 0 Å². The quantitative estimate of drug-likeness (QED) is 0.751. The van der Waals surface area contributed by atoms with Crippen molar-refractivity contribution in [1.29, 1.82) is 0 Å². The number of nitrogens with one attached hydrogen (secondary N) is 1. The van der Waals surface area contributed by atoms with E-state index in [2.05, 4.69) is 31.0 Å². The minimum absolute atomic E-state index is 0.00258. The Bertz CT molecular complexity index is 811. The molecule has 0 bridgehead atoms. The molecule has 0 atom stereocenters. The highest BCUT2D eigenvalue weighted by Gasteiger charge is 2.26. The van der Waals surface area contributed by atoms with E-state index in [1.54, 1.807) is 12.1 Å². The van der Waals surface area contributed by atoms with Gasteiger partial charge >= 0.3 is 0 Å². The van der Waals surface area contributed by atoms with Crippen LogP contribution in [-0.4, -0.2) is 42.3 Å². The summed E-state index contributed by atoms with van der Waals surface area (Å²) < 4.78 is 0. The van der Waals surface area contributed by atoms with Gasteiger partial charge in [-0.15, -0.1) is 0 Å². The van der Waals surface area contributed by atoms with E-state index < -0.39 is 0 Å². The fourth-order valence-corrected chi connectivity index (χ4v) is 3.37. The van der Waals surface area contributed by atoms with Crippen molar-refractivity contribution >= 4 is 11.7 Å². The number of rotatable bonds is 6. The van der Waals surface area contributed by atoms with Crippen molar-refractivity contribution in [3.63, 3.8) is 0 Å². The van der Waals surface area contributed by atoms with Crippen LogP contribution in [0.15, 0.2) is 42.5 Å². The van der Waals surface area contributed by atoms with E-state index in [0.29, 0.717) is 29.3 Å². The Labute approximate surface area is 148 Å². The molecule has 3 rings (SSSR count). The summed E-state index contributed by atoms with van der Waals surface area (Å²) in [5.41, 5.74) is 3.73. The molecular formula is C21H24N2O2. The van der Waals surface area contributed by atoms with E-state index in [4.69, 9.17) is 0 Å². The Morgan fingerprint density at radius 3 is 2.40 bits per heavy atom. The summed E-state index contributed by atoms with van der Waals surface area (Å²) in [6.07, 6.45) is 0. The van der Waals surface area contributed by atoms with Gasteiger partial charge in [-0.2, -0.15) is 0 Å². The second-order valence-corrected chi connectivity index (χ2v) is 6.61. The number of benzene rings is 2. The second-order valence-electron chi connectivity index (χ2n) is 6.61. The van der Waals surface area contributed by atoms with E-state index >= 15 is 0 Å². The SMILES string of the molecule is CCN(CCNC(=O)c1ccc2c(c1)C(=O)c1ccccc1-2)C(C)C. The zero-order valence-electron chi connectivity index (χ0n) is 15.0. The number of fused-ring (bicyclic) bond motifs is 3. The summed E-state index contributed by atoms with van der Waals surface area (Å²) in [5, 5.41) is 2.95. The third-order valence-electron chi connectivity index (χ3n) is 4.81. The first-order valence-electron chi connectivity index (χ1n) is 8.83. The number of carbonyl (C=O) groups excluding carboxylic acids is 2. The molecule has 0 saturated carbocycles. The molecule has 0 fully saturated rings. The minimum atomic E-state index is -0.133. The molecule has 2 aromatic rings. The standard InChI is InChI=1S/C21H24N2O2/c1-4-23(14(2)3)12-11-22-21(25)15-9-10-17-16-7-5-6-8-18(16)20(24)19(17)13-15/h5-10,13-14H,4,11-12H2,1-3H3,(H,22,25). The van der Waals surface area contributed by atoms with Crippen LogP contribution in [0.4, 0.5) is 0 Å². The fraction of sp³-hybridized carbons (Fsp3) is 0.333. The molecule has 1 N–H and O–H groups in total. The van der Waals surface area contributed by atoms with Gasteiger partial charge in [-0.25, -0.2) is 0 Å². The highest BCUT2D eigenvalue weighted by atomic mass is 16.1. The van der Waals surface area contributed by atoms with Crippen molar-refractivity contribution < 1.29 is 9.59 Å². The van der Waals surface area contributed by atoms with E-state index in [1.165, 1.54) is 0 Å². The van der Waals surface area contributed by atoms with Gasteiger partial charge in [0.2, 0.25) is 0 Å². The first-order valence-corrected chi connectivity index (χ1v) is 8.83. The average molecular weight is 336 g/mol. The zero-order valence-corrected chi connectivity index (χ0v) is 15.0. The molecule has 1 amide bonds. The van der Waals surface area contributed by atoms with Crippen molar-refractivity contribution in [3.05, 3.63) is 59.2 Å². The highest BCUT2D eigenvalue weighted by Crippen LogP contribution is 2.36. The Hall–Kier alpha value is -2.46. The van der Waals surface area contributed by atoms with Crippen molar-refractivity contribution in [2.24, 2.45) is 0 Å². The van der Waals surface area contributed by atoms with E-state index in [1.807, 2.05) is 30.3 Å². The largest absolute Gasteiger partial charge is 0.351 e. The van der Waals surface area contributed by atoms with Crippen LogP contribution in [0.25, 0.3) is 11.1 Å². The van der Waals surface area contributed by atoms with Gasteiger partial charge in [0.15, 0.2) is 5.78 Å². The predicted molar refractivity (Wildman–Crippen MR) is 100 cm³/mol. The third-order valence-corrected chi connectivity index (χ3v) is 4.81. The number of likely N-dealkylation sites (N-methyl/N-ethyl adjacent to an activating group) is 1. The Balaban J connectivity index is 1.71. The molecule has 4 nitrogen and oxygen atoms in total. The monoisotopic (exact) mass is 336 g/mol. The van der Waals surface area contributed by atoms with Crippen molar-refractivity contribution in [2.45, 2.75) is 26.8 Å². The fourth-order valence-electron chi connectivity index (χ4n) is 3.37. The maximum atomic E-state index is 12.5. The summed E-state index contributed by atoms with van der Waals surface area (Å²) in [4.78, 5) is 27.3. The summed E-state index contributed by atoms with van der Waals surface area (Å²) in [5.74, 6) is -0.136. The minimum Gasteiger partial charge on any atom is -0.351 e. The van der Waals surface area contributed by atoms with Gasteiger partial charge in [0.25, 0.3) is 5.91 Å². The number of ketones is 1. The molecule has 0 radical (unpaired) electrons. The molecule has 0 saturated heterocycles. The van der Waals surface area contributed by atoms with Crippen LogP contribution in [0.5, 0.6) is 0 Å². The molecule has 0 heterocycles. The van der Waals surface area contributed by atoms with Gasteiger partial charge in [-0.3, -0.25) is 14.5 Å². The predicted octanol–water partition coefficient (Wildman–Crippen LogP) is 3.36. The molecule has 0 aromatic heterocycles. The van der Waals surface area contributed by atoms with Crippen LogP contribution >= 0.6 is 0 Å². The van der Waals surface area contributed by atoms with Gasteiger partial charge in [-0.05, 0) is 43.7 Å². The Kier molecular flexibility index (Phi) is 5.00. The van der Waals surface area contributed by atoms with Crippen LogP contribution < -0.4 is 5.32 Å².